The first-order valence-electron chi connectivity index (χ1n) is 6.94. The smallest absolute Gasteiger partial charge is 0.191 e. The molecule has 0 fully saturated rings. The molecule has 1 aliphatic carbocycles. The summed E-state index contributed by atoms with van der Waals surface area (Å²) in [6.07, 6.45) is 1.15. The standard InChI is InChI=1S/C15H23N3O/c1-3-16-15(17-8-9-19-2)18-11-13-10-12-6-4-5-7-14(12)13/h4-7,13H,3,8-11H2,1-2H3,(H2,16,17,18). The van der Waals surface area contributed by atoms with Gasteiger partial charge in [-0.25, -0.2) is 0 Å². The third kappa shape index (κ3) is 3.70. The number of rotatable bonds is 6. The van der Waals surface area contributed by atoms with Gasteiger partial charge in [0, 0.05) is 32.7 Å². The lowest BCUT2D eigenvalue weighted by molar-refractivity contribution is 0.203. The van der Waals surface area contributed by atoms with E-state index in [9.17, 15) is 0 Å². The molecule has 2 N–H and O–H groups in total. The fraction of sp³-hybridized carbons (Fsp3) is 0.533. The van der Waals surface area contributed by atoms with E-state index < -0.39 is 0 Å². The maximum Gasteiger partial charge on any atom is 0.191 e. The zero-order valence-electron chi connectivity index (χ0n) is 11.8. The molecule has 1 unspecified atom stereocenters. The second kappa shape index (κ2) is 7.14. The zero-order valence-corrected chi connectivity index (χ0v) is 11.8. The summed E-state index contributed by atoms with van der Waals surface area (Å²) in [6, 6.07) is 8.63. The Hall–Kier alpha value is -1.55. The van der Waals surface area contributed by atoms with Crippen LogP contribution in [-0.4, -0.2) is 39.3 Å². The molecule has 1 aromatic carbocycles. The Morgan fingerprint density at radius 3 is 2.95 bits per heavy atom. The van der Waals surface area contributed by atoms with Gasteiger partial charge in [-0.2, -0.15) is 0 Å². The molecule has 4 heteroatoms. The predicted molar refractivity (Wildman–Crippen MR) is 78.7 cm³/mol. The molecule has 1 atom stereocenters. The fourth-order valence-electron chi connectivity index (χ4n) is 2.34. The molecule has 0 aromatic heterocycles. The highest BCUT2D eigenvalue weighted by Gasteiger charge is 2.24. The van der Waals surface area contributed by atoms with Gasteiger partial charge in [0.25, 0.3) is 0 Å². The SMILES string of the molecule is CCNC(=NCC1Cc2ccccc21)NCCOC. The Bertz CT molecular complexity index is 431. The van der Waals surface area contributed by atoms with E-state index in [2.05, 4.69) is 46.8 Å². The van der Waals surface area contributed by atoms with E-state index in [1.54, 1.807) is 7.11 Å². The van der Waals surface area contributed by atoms with Crippen molar-refractivity contribution in [3.05, 3.63) is 35.4 Å². The van der Waals surface area contributed by atoms with Crippen LogP contribution in [0.5, 0.6) is 0 Å². The number of hydrogen-bond donors (Lipinski definition) is 2. The number of guanidine groups is 1. The molecule has 1 aliphatic rings. The van der Waals surface area contributed by atoms with Crippen LogP contribution >= 0.6 is 0 Å². The molecule has 0 saturated carbocycles. The molecule has 0 radical (unpaired) electrons. The summed E-state index contributed by atoms with van der Waals surface area (Å²) < 4.78 is 5.03. The van der Waals surface area contributed by atoms with Crippen LogP contribution in [0, 0.1) is 0 Å². The lowest BCUT2D eigenvalue weighted by Gasteiger charge is -2.28. The number of benzene rings is 1. The number of methoxy groups -OCH3 is 1. The van der Waals surface area contributed by atoms with Crippen molar-refractivity contribution in [2.45, 2.75) is 19.3 Å². The van der Waals surface area contributed by atoms with Crippen LogP contribution in [0.2, 0.25) is 0 Å². The molecule has 19 heavy (non-hydrogen) atoms. The van der Waals surface area contributed by atoms with Crippen LogP contribution in [0.15, 0.2) is 29.3 Å². The minimum absolute atomic E-state index is 0.578. The minimum Gasteiger partial charge on any atom is -0.383 e. The largest absolute Gasteiger partial charge is 0.383 e. The molecule has 0 amide bonds. The van der Waals surface area contributed by atoms with Gasteiger partial charge in [0.05, 0.1) is 6.61 Å². The first-order valence-corrected chi connectivity index (χ1v) is 6.94. The van der Waals surface area contributed by atoms with Gasteiger partial charge in [0.2, 0.25) is 0 Å². The maximum atomic E-state index is 5.03. The second-order valence-corrected chi connectivity index (χ2v) is 4.74. The number of hydrogen-bond acceptors (Lipinski definition) is 2. The average Bonchev–Trinajstić information content (AvgIpc) is 2.40. The van der Waals surface area contributed by atoms with E-state index in [-0.39, 0.29) is 0 Å². The zero-order chi connectivity index (χ0) is 13.5. The van der Waals surface area contributed by atoms with Gasteiger partial charge in [0.15, 0.2) is 5.96 Å². The van der Waals surface area contributed by atoms with Crippen LogP contribution in [0.3, 0.4) is 0 Å². The Balaban J connectivity index is 1.85. The van der Waals surface area contributed by atoms with Crippen molar-refractivity contribution < 1.29 is 4.74 Å². The molecular weight excluding hydrogens is 238 g/mol. The van der Waals surface area contributed by atoms with E-state index in [1.807, 2.05) is 0 Å². The lowest BCUT2D eigenvalue weighted by atomic mass is 9.78. The number of nitrogens with one attached hydrogen (secondary N) is 2. The van der Waals surface area contributed by atoms with Crippen molar-refractivity contribution in [1.82, 2.24) is 10.6 Å². The average molecular weight is 261 g/mol. The van der Waals surface area contributed by atoms with Gasteiger partial charge in [-0.05, 0) is 24.5 Å². The molecule has 2 rings (SSSR count). The third-order valence-corrected chi connectivity index (χ3v) is 3.37. The molecule has 0 bridgehead atoms. The summed E-state index contributed by atoms with van der Waals surface area (Å²) in [5, 5.41) is 6.52. The molecule has 0 spiro atoms. The first kappa shape index (κ1) is 13.9. The molecule has 0 aliphatic heterocycles. The van der Waals surface area contributed by atoms with E-state index >= 15 is 0 Å². The molecule has 1 aromatic rings. The molecule has 0 saturated heterocycles. The lowest BCUT2D eigenvalue weighted by Crippen LogP contribution is -2.39. The summed E-state index contributed by atoms with van der Waals surface area (Å²) in [5.74, 6) is 1.46. The van der Waals surface area contributed by atoms with Gasteiger partial charge in [0.1, 0.15) is 0 Å². The van der Waals surface area contributed by atoms with Crippen LogP contribution in [0.25, 0.3) is 0 Å². The predicted octanol–water partition coefficient (Wildman–Crippen LogP) is 1.53. The normalized spacial score (nSPS) is 17.6. The van der Waals surface area contributed by atoms with Crippen LogP contribution in [-0.2, 0) is 11.2 Å². The van der Waals surface area contributed by atoms with Crippen LogP contribution < -0.4 is 10.6 Å². The highest BCUT2D eigenvalue weighted by Crippen LogP contribution is 2.34. The minimum atomic E-state index is 0.578. The quantitative estimate of drug-likeness (QED) is 0.464. The highest BCUT2D eigenvalue weighted by atomic mass is 16.5. The Morgan fingerprint density at radius 1 is 1.37 bits per heavy atom. The summed E-state index contributed by atoms with van der Waals surface area (Å²) in [7, 11) is 1.71. The van der Waals surface area contributed by atoms with Crippen molar-refractivity contribution in [3.8, 4) is 0 Å². The number of aliphatic imine (C=N–C) groups is 1. The highest BCUT2D eigenvalue weighted by molar-refractivity contribution is 5.79. The van der Waals surface area contributed by atoms with Crippen molar-refractivity contribution >= 4 is 5.96 Å². The van der Waals surface area contributed by atoms with E-state index in [0.29, 0.717) is 12.5 Å². The van der Waals surface area contributed by atoms with Crippen LogP contribution in [0.1, 0.15) is 24.0 Å². The monoisotopic (exact) mass is 261 g/mol. The van der Waals surface area contributed by atoms with Gasteiger partial charge >= 0.3 is 0 Å². The van der Waals surface area contributed by atoms with Gasteiger partial charge < -0.3 is 15.4 Å². The number of ether oxygens (including phenoxy) is 1. The Labute approximate surface area is 115 Å². The maximum absolute atomic E-state index is 5.03. The number of nitrogens with zero attached hydrogens (tertiary/aromatic N) is 1. The van der Waals surface area contributed by atoms with E-state index in [4.69, 9.17) is 4.74 Å². The molecular formula is C15H23N3O. The van der Waals surface area contributed by atoms with Gasteiger partial charge in [-0.15, -0.1) is 0 Å². The number of fused-ring (bicyclic) bond motifs is 1. The molecule has 0 heterocycles. The van der Waals surface area contributed by atoms with E-state index in [1.165, 1.54) is 11.1 Å². The summed E-state index contributed by atoms with van der Waals surface area (Å²) >= 11 is 0. The van der Waals surface area contributed by atoms with Crippen molar-refractivity contribution in [2.24, 2.45) is 4.99 Å². The topological polar surface area (TPSA) is 45.7 Å². The second-order valence-electron chi connectivity index (χ2n) is 4.74. The van der Waals surface area contributed by atoms with Gasteiger partial charge in [-0.3, -0.25) is 4.99 Å². The third-order valence-electron chi connectivity index (χ3n) is 3.37. The van der Waals surface area contributed by atoms with Crippen molar-refractivity contribution in [2.75, 3.05) is 33.4 Å². The molecule has 104 valence electrons. The van der Waals surface area contributed by atoms with Gasteiger partial charge in [-0.1, -0.05) is 24.3 Å². The fourth-order valence-corrected chi connectivity index (χ4v) is 2.34. The van der Waals surface area contributed by atoms with E-state index in [0.717, 1.165) is 32.0 Å². The summed E-state index contributed by atoms with van der Waals surface area (Å²) in [5.41, 5.74) is 2.93. The summed E-state index contributed by atoms with van der Waals surface area (Å²) in [6.45, 7) is 5.27. The first-order chi connectivity index (χ1) is 9.35. The van der Waals surface area contributed by atoms with Crippen molar-refractivity contribution in [1.29, 1.82) is 0 Å². The summed E-state index contributed by atoms with van der Waals surface area (Å²) in [4.78, 5) is 4.65. The van der Waals surface area contributed by atoms with Crippen LogP contribution in [0.4, 0.5) is 0 Å². The molecule has 4 nitrogen and oxygen atoms in total. The Morgan fingerprint density at radius 2 is 2.21 bits per heavy atom. The van der Waals surface area contributed by atoms with Crippen molar-refractivity contribution in [3.63, 3.8) is 0 Å². The Kier molecular flexibility index (Phi) is 5.21.